The minimum absolute atomic E-state index is 0.231. The molecule has 8 heteroatoms. The lowest BCUT2D eigenvalue weighted by Gasteiger charge is -2.27. The summed E-state index contributed by atoms with van der Waals surface area (Å²) < 4.78 is 25.2. The number of anilines is 1. The fraction of sp³-hybridized carbons (Fsp3) is 0.533. The summed E-state index contributed by atoms with van der Waals surface area (Å²) in [4.78, 5) is 14.1. The zero-order valence-corrected chi connectivity index (χ0v) is 15.9. The van der Waals surface area contributed by atoms with E-state index in [-0.39, 0.29) is 17.5 Å². The molecule has 0 radical (unpaired) electrons. The standard InChI is InChI=1S/C15H22Cl2N2O3S/c1-4-8-18(9-5-2)15(20)11-19(23(3,21)22)12-6-7-13(16)14(17)10-12/h6-7,10H,4-5,8-9,11H2,1-3H3. The quantitative estimate of drug-likeness (QED) is 0.694. The van der Waals surface area contributed by atoms with E-state index in [4.69, 9.17) is 23.2 Å². The van der Waals surface area contributed by atoms with Gasteiger partial charge in [0.25, 0.3) is 0 Å². The van der Waals surface area contributed by atoms with E-state index in [2.05, 4.69) is 0 Å². The smallest absolute Gasteiger partial charge is 0.243 e. The lowest BCUT2D eigenvalue weighted by molar-refractivity contribution is -0.129. The number of hydrogen-bond donors (Lipinski definition) is 0. The van der Waals surface area contributed by atoms with Gasteiger partial charge in [-0.25, -0.2) is 8.42 Å². The molecule has 1 aromatic carbocycles. The van der Waals surface area contributed by atoms with Crippen molar-refractivity contribution < 1.29 is 13.2 Å². The zero-order valence-electron chi connectivity index (χ0n) is 13.6. The number of hydrogen-bond acceptors (Lipinski definition) is 3. The maximum absolute atomic E-state index is 12.5. The number of nitrogens with zero attached hydrogens (tertiary/aromatic N) is 2. The summed E-state index contributed by atoms with van der Waals surface area (Å²) in [5, 5.41) is 0.568. The van der Waals surface area contributed by atoms with E-state index in [0.29, 0.717) is 23.8 Å². The molecule has 130 valence electrons. The topological polar surface area (TPSA) is 57.7 Å². The van der Waals surface area contributed by atoms with Gasteiger partial charge in [-0.3, -0.25) is 9.10 Å². The molecule has 0 fully saturated rings. The highest BCUT2D eigenvalue weighted by atomic mass is 35.5. The lowest BCUT2D eigenvalue weighted by atomic mass is 10.3. The van der Waals surface area contributed by atoms with Crippen LogP contribution in [0.3, 0.4) is 0 Å². The highest BCUT2D eigenvalue weighted by Crippen LogP contribution is 2.28. The summed E-state index contributed by atoms with van der Waals surface area (Å²) in [6.07, 6.45) is 2.70. The van der Waals surface area contributed by atoms with Crippen LogP contribution >= 0.6 is 23.2 Å². The van der Waals surface area contributed by atoms with Gasteiger partial charge in [-0.2, -0.15) is 0 Å². The minimum atomic E-state index is -3.62. The molecule has 0 saturated carbocycles. The molecular formula is C15H22Cl2N2O3S. The van der Waals surface area contributed by atoms with Gasteiger partial charge < -0.3 is 4.90 Å². The molecule has 0 bridgehead atoms. The van der Waals surface area contributed by atoms with Crippen LogP contribution in [0.25, 0.3) is 0 Å². The van der Waals surface area contributed by atoms with Crippen LogP contribution in [0.4, 0.5) is 5.69 Å². The predicted molar refractivity (Wildman–Crippen MR) is 95.8 cm³/mol. The van der Waals surface area contributed by atoms with Crippen LogP contribution in [0.5, 0.6) is 0 Å². The Morgan fingerprint density at radius 3 is 2.09 bits per heavy atom. The van der Waals surface area contributed by atoms with Crippen LogP contribution in [0.15, 0.2) is 18.2 Å². The van der Waals surface area contributed by atoms with Crippen LogP contribution < -0.4 is 4.31 Å². The molecule has 0 atom stereocenters. The van der Waals surface area contributed by atoms with Crippen molar-refractivity contribution in [1.29, 1.82) is 0 Å². The van der Waals surface area contributed by atoms with E-state index in [0.717, 1.165) is 23.4 Å². The van der Waals surface area contributed by atoms with E-state index in [1.54, 1.807) is 4.90 Å². The Hall–Kier alpha value is -0.980. The van der Waals surface area contributed by atoms with Crippen LogP contribution in [-0.2, 0) is 14.8 Å². The lowest BCUT2D eigenvalue weighted by Crippen LogP contribution is -2.43. The second-order valence-corrected chi connectivity index (χ2v) is 7.97. The molecule has 0 unspecified atom stereocenters. The predicted octanol–water partition coefficient (Wildman–Crippen LogP) is 3.41. The monoisotopic (exact) mass is 380 g/mol. The Morgan fingerprint density at radius 1 is 1.09 bits per heavy atom. The normalized spacial score (nSPS) is 11.3. The molecule has 0 aliphatic heterocycles. The van der Waals surface area contributed by atoms with Gasteiger partial charge >= 0.3 is 0 Å². The van der Waals surface area contributed by atoms with Gasteiger partial charge in [-0.05, 0) is 31.0 Å². The van der Waals surface area contributed by atoms with Crippen molar-refractivity contribution in [2.24, 2.45) is 0 Å². The van der Waals surface area contributed by atoms with E-state index < -0.39 is 10.0 Å². The molecular weight excluding hydrogens is 359 g/mol. The number of carbonyl (C=O) groups excluding carboxylic acids is 1. The zero-order chi connectivity index (χ0) is 17.6. The van der Waals surface area contributed by atoms with Crippen molar-refractivity contribution in [1.82, 2.24) is 4.90 Å². The number of carbonyl (C=O) groups is 1. The van der Waals surface area contributed by atoms with Gasteiger partial charge in [0, 0.05) is 13.1 Å². The van der Waals surface area contributed by atoms with Crippen LogP contribution in [0.2, 0.25) is 10.0 Å². The average molecular weight is 381 g/mol. The third-order valence-electron chi connectivity index (χ3n) is 3.21. The minimum Gasteiger partial charge on any atom is -0.341 e. The number of rotatable bonds is 8. The van der Waals surface area contributed by atoms with Gasteiger partial charge in [0.05, 0.1) is 22.0 Å². The molecule has 1 aromatic rings. The van der Waals surface area contributed by atoms with Gasteiger partial charge in [0.1, 0.15) is 6.54 Å². The van der Waals surface area contributed by atoms with Crippen molar-refractivity contribution >= 4 is 44.8 Å². The number of amides is 1. The molecule has 23 heavy (non-hydrogen) atoms. The molecule has 1 rings (SSSR count). The Bertz CT molecular complexity index is 644. The van der Waals surface area contributed by atoms with Gasteiger partial charge in [-0.1, -0.05) is 37.0 Å². The summed E-state index contributed by atoms with van der Waals surface area (Å²) in [6, 6.07) is 4.49. The maximum Gasteiger partial charge on any atom is 0.243 e. The average Bonchev–Trinajstić information content (AvgIpc) is 2.46. The van der Waals surface area contributed by atoms with Crippen molar-refractivity contribution in [2.75, 3.05) is 30.2 Å². The van der Waals surface area contributed by atoms with Crippen LogP contribution in [0.1, 0.15) is 26.7 Å². The third-order valence-corrected chi connectivity index (χ3v) is 5.09. The third kappa shape index (κ3) is 5.86. The van der Waals surface area contributed by atoms with E-state index in [1.165, 1.54) is 18.2 Å². The van der Waals surface area contributed by atoms with E-state index >= 15 is 0 Å². The molecule has 1 amide bonds. The van der Waals surface area contributed by atoms with Gasteiger partial charge in [0.2, 0.25) is 15.9 Å². The molecule has 0 N–H and O–H groups in total. The highest BCUT2D eigenvalue weighted by Gasteiger charge is 2.24. The highest BCUT2D eigenvalue weighted by molar-refractivity contribution is 7.92. The first-order valence-corrected chi connectivity index (χ1v) is 10.0. The second kappa shape index (κ2) is 8.76. The van der Waals surface area contributed by atoms with Crippen molar-refractivity contribution in [3.63, 3.8) is 0 Å². The fourth-order valence-electron chi connectivity index (χ4n) is 2.16. The number of halogens is 2. The van der Waals surface area contributed by atoms with Crippen LogP contribution in [0, 0.1) is 0 Å². The molecule has 0 aromatic heterocycles. The van der Waals surface area contributed by atoms with E-state index in [9.17, 15) is 13.2 Å². The Labute approximate surface area is 148 Å². The number of sulfonamides is 1. The van der Waals surface area contributed by atoms with E-state index in [1.807, 2.05) is 13.8 Å². The first kappa shape index (κ1) is 20.1. The van der Waals surface area contributed by atoms with Crippen molar-refractivity contribution in [3.05, 3.63) is 28.2 Å². The second-order valence-electron chi connectivity index (χ2n) is 5.25. The first-order valence-electron chi connectivity index (χ1n) is 7.41. The summed E-state index contributed by atoms with van der Waals surface area (Å²) >= 11 is 11.8. The van der Waals surface area contributed by atoms with Crippen LogP contribution in [-0.4, -0.2) is 45.1 Å². The molecule has 5 nitrogen and oxygen atoms in total. The summed E-state index contributed by atoms with van der Waals surface area (Å²) in [7, 11) is -3.62. The molecule has 0 saturated heterocycles. The van der Waals surface area contributed by atoms with Gasteiger partial charge in [0.15, 0.2) is 0 Å². The Balaban J connectivity index is 3.08. The van der Waals surface area contributed by atoms with Crippen molar-refractivity contribution in [3.8, 4) is 0 Å². The maximum atomic E-state index is 12.5. The fourth-order valence-corrected chi connectivity index (χ4v) is 3.30. The molecule has 0 spiro atoms. The SMILES string of the molecule is CCCN(CCC)C(=O)CN(c1ccc(Cl)c(Cl)c1)S(C)(=O)=O. The Kier molecular flexibility index (Phi) is 7.64. The summed E-state index contributed by atoms with van der Waals surface area (Å²) in [5.74, 6) is -0.231. The molecule has 0 aliphatic rings. The van der Waals surface area contributed by atoms with Crippen molar-refractivity contribution in [2.45, 2.75) is 26.7 Å². The summed E-state index contributed by atoms with van der Waals surface area (Å²) in [5.41, 5.74) is 0.322. The first-order chi connectivity index (χ1) is 10.7. The number of benzene rings is 1. The van der Waals surface area contributed by atoms with Gasteiger partial charge in [-0.15, -0.1) is 0 Å². The summed E-state index contributed by atoms with van der Waals surface area (Å²) in [6.45, 7) is 4.90. The molecule has 0 heterocycles. The Morgan fingerprint density at radius 2 is 1.65 bits per heavy atom. The molecule has 0 aliphatic carbocycles. The largest absolute Gasteiger partial charge is 0.341 e.